The molecule has 11 heteroatoms. The summed E-state index contributed by atoms with van der Waals surface area (Å²) in [4.78, 5) is 22.8. The van der Waals surface area contributed by atoms with E-state index in [1.807, 2.05) is 0 Å². The van der Waals surface area contributed by atoms with E-state index in [1.54, 1.807) is 30.9 Å². The van der Waals surface area contributed by atoms with E-state index in [9.17, 15) is 25.4 Å². The highest BCUT2D eigenvalue weighted by Gasteiger charge is 2.75. The van der Waals surface area contributed by atoms with Gasteiger partial charge >= 0.3 is 0 Å². The molecule has 3 fully saturated rings. The third-order valence-corrected chi connectivity index (χ3v) is 9.25. The largest absolute Gasteiger partial charge is 0.460 e. The Hall–Kier alpha value is -2.56. The van der Waals surface area contributed by atoms with Gasteiger partial charge in [-0.15, -0.1) is 0 Å². The second-order valence-electron chi connectivity index (χ2n) is 11.0. The van der Waals surface area contributed by atoms with Crippen molar-refractivity contribution in [2.45, 2.75) is 93.6 Å². The summed E-state index contributed by atoms with van der Waals surface area (Å²) in [5.41, 5.74) is 3.01. The zero-order chi connectivity index (χ0) is 27.4. The van der Waals surface area contributed by atoms with Crippen LogP contribution in [0, 0.1) is 23.2 Å². The number of nitriles is 1. The minimum Gasteiger partial charge on any atom is -0.460 e. The van der Waals surface area contributed by atoms with Crippen molar-refractivity contribution in [1.29, 1.82) is 5.26 Å². The SMILES string of the molecule is COC1(c2ccc(C#N)c(O[C@@H]3OC(OC=O)[C@@H](O)[C@H](O)C3O)c2)OOC12C1CCCC2C2=C(CCCC2)C1. The van der Waals surface area contributed by atoms with Crippen molar-refractivity contribution in [1.82, 2.24) is 0 Å². The fourth-order valence-corrected chi connectivity index (χ4v) is 7.46. The fourth-order valence-electron chi connectivity index (χ4n) is 7.46. The number of aliphatic hydroxyl groups is 3. The number of ether oxygens (including phenoxy) is 4. The minimum atomic E-state index is -1.72. The predicted octanol–water partition coefficient (Wildman–Crippen LogP) is 2.07. The number of carbonyl (C=O) groups excluding carboxylic acids is 1. The Morgan fingerprint density at radius 1 is 1.05 bits per heavy atom. The van der Waals surface area contributed by atoms with Crippen LogP contribution in [0.1, 0.15) is 62.5 Å². The van der Waals surface area contributed by atoms with Crippen LogP contribution in [0.25, 0.3) is 0 Å². The molecule has 5 aliphatic rings. The fraction of sp³-hybridized carbons (Fsp3) is 0.643. The first-order chi connectivity index (χ1) is 18.9. The molecule has 2 aliphatic heterocycles. The van der Waals surface area contributed by atoms with Crippen LogP contribution >= 0.6 is 0 Å². The van der Waals surface area contributed by atoms with Crippen molar-refractivity contribution in [3.63, 3.8) is 0 Å². The first kappa shape index (κ1) is 26.7. The molecule has 2 saturated heterocycles. The normalized spacial score (nSPS) is 41.3. The number of allylic oxidation sites excluding steroid dienone is 1. The summed E-state index contributed by atoms with van der Waals surface area (Å²) in [7, 11) is 1.58. The molecular formula is C28H33NO10. The van der Waals surface area contributed by atoms with Gasteiger partial charge < -0.3 is 29.5 Å². The maximum atomic E-state index is 10.8. The van der Waals surface area contributed by atoms with Gasteiger partial charge in [0, 0.05) is 24.5 Å². The first-order valence-corrected chi connectivity index (χ1v) is 13.5. The zero-order valence-electron chi connectivity index (χ0n) is 21.7. The van der Waals surface area contributed by atoms with Crippen LogP contribution in [0.15, 0.2) is 29.3 Å². The van der Waals surface area contributed by atoms with Gasteiger partial charge in [-0.05, 0) is 57.1 Å². The summed E-state index contributed by atoms with van der Waals surface area (Å²) >= 11 is 0. The minimum absolute atomic E-state index is 0.0353. The second-order valence-corrected chi connectivity index (χ2v) is 11.0. The third-order valence-electron chi connectivity index (χ3n) is 9.25. The van der Waals surface area contributed by atoms with Gasteiger partial charge in [-0.1, -0.05) is 23.6 Å². The molecule has 0 radical (unpaired) electrons. The molecule has 11 nitrogen and oxygen atoms in total. The average molecular weight is 544 g/mol. The van der Waals surface area contributed by atoms with E-state index in [0.29, 0.717) is 5.56 Å². The molecule has 1 spiro atoms. The van der Waals surface area contributed by atoms with E-state index in [1.165, 1.54) is 12.0 Å². The van der Waals surface area contributed by atoms with E-state index in [0.717, 1.165) is 44.9 Å². The maximum absolute atomic E-state index is 10.8. The summed E-state index contributed by atoms with van der Waals surface area (Å²) in [6.45, 7) is 0.0562. The molecule has 6 rings (SSSR count). The average Bonchev–Trinajstić information content (AvgIpc) is 2.94. The number of rotatable bonds is 6. The predicted molar refractivity (Wildman–Crippen MR) is 130 cm³/mol. The van der Waals surface area contributed by atoms with E-state index in [4.69, 9.17) is 28.7 Å². The lowest BCUT2D eigenvalue weighted by Gasteiger charge is -2.65. The van der Waals surface area contributed by atoms with Crippen molar-refractivity contribution in [2.75, 3.05) is 7.11 Å². The molecule has 9 atom stereocenters. The van der Waals surface area contributed by atoms with Gasteiger partial charge in [0.1, 0.15) is 30.1 Å². The number of carbonyl (C=O) groups is 1. The van der Waals surface area contributed by atoms with Crippen LogP contribution in [0.5, 0.6) is 5.75 Å². The van der Waals surface area contributed by atoms with Gasteiger partial charge in [-0.2, -0.15) is 10.1 Å². The highest BCUT2D eigenvalue weighted by atomic mass is 17.3. The van der Waals surface area contributed by atoms with Gasteiger partial charge in [-0.3, -0.25) is 9.53 Å². The molecule has 3 aliphatic carbocycles. The highest BCUT2D eigenvalue weighted by molar-refractivity contribution is 5.48. The molecule has 39 heavy (non-hydrogen) atoms. The topological polar surface area (TPSA) is 157 Å². The molecule has 6 unspecified atom stereocenters. The lowest BCUT2D eigenvalue weighted by molar-refractivity contribution is -0.639. The molecular weight excluding hydrogens is 510 g/mol. The van der Waals surface area contributed by atoms with Crippen LogP contribution in [0.4, 0.5) is 0 Å². The molecule has 2 bridgehead atoms. The smallest absolute Gasteiger partial charge is 0.295 e. The van der Waals surface area contributed by atoms with Crippen molar-refractivity contribution in [3.05, 3.63) is 40.5 Å². The molecule has 3 N–H and O–H groups in total. The molecule has 0 aromatic heterocycles. The molecule has 210 valence electrons. The number of benzene rings is 1. The molecule has 0 amide bonds. The van der Waals surface area contributed by atoms with E-state index < -0.39 is 42.3 Å². The van der Waals surface area contributed by atoms with Crippen molar-refractivity contribution in [2.24, 2.45) is 11.8 Å². The Labute approximate surface area is 225 Å². The molecule has 1 saturated carbocycles. The third kappa shape index (κ3) is 3.85. The number of aliphatic hydroxyl groups excluding tert-OH is 3. The Balaban J connectivity index is 1.36. The first-order valence-electron chi connectivity index (χ1n) is 13.5. The Morgan fingerprint density at radius 3 is 2.56 bits per heavy atom. The van der Waals surface area contributed by atoms with Gasteiger partial charge in [-0.25, -0.2) is 4.89 Å². The van der Waals surface area contributed by atoms with E-state index >= 15 is 0 Å². The quantitative estimate of drug-likeness (QED) is 0.274. The Kier molecular flexibility index (Phi) is 6.92. The molecule has 1 aromatic rings. The summed E-state index contributed by atoms with van der Waals surface area (Å²) in [6.07, 6.45) is 0.344. The zero-order valence-corrected chi connectivity index (χ0v) is 21.7. The van der Waals surface area contributed by atoms with Gasteiger partial charge in [0.15, 0.2) is 5.60 Å². The standard InChI is InChI=1S/C28H33NO10/c1-34-28(27(38-39-28)17-6-4-8-20(27)19-7-3-2-5-15(19)11-17)18-10-9-16(13-29)21(12-18)36-26-24(33)22(31)23(32)25(37-26)35-14-30/h9-10,12,14,17,20,22-26,31-33H,2-8,11H2,1H3/t17?,20?,22-,23-,24?,25?,26+,27?,28?/m0/s1. The Bertz CT molecular complexity index is 1190. The van der Waals surface area contributed by atoms with Crippen molar-refractivity contribution >= 4 is 6.47 Å². The van der Waals surface area contributed by atoms with Crippen LogP contribution in [-0.2, 0) is 34.6 Å². The van der Waals surface area contributed by atoms with E-state index in [-0.39, 0.29) is 29.6 Å². The molecule has 1 aromatic carbocycles. The van der Waals surface area contributed by atoms with Crippen LogP contribution in [0.3, 0.4) is 0 Å². The number of hydrogen-bond donors (Lipinski definition) is 3. The van der Waals surface area contributed by atoms with Gasteiger partial charge in [0.05, 0.1) is 5.56 Å². The maximum Gasteiger partial charge on any atom is 0.295 e. The van der Waals surface area contributed by atoms with Crippen LogP contribution < -0.4 is 4.74 Å². The highest BCUT2D eigenvalue weighted by Crippen LogP contribution is 2.66. The lowest BCUT2D eigenvalue weighted by Crippen LogP contribution is -2.74. The van der Waals surface area contributed by atoms with Crippen LogP contribution in [0.2, 0.25) is 0 Å². The number of nitrogens with zero attached hydrogens (tertiary/aromatic N) is 1. The summed E-state index contributed by atoms with van der Waals surface area (Å²) in [5, 5.41) is 40.6. The van der Waals surface area contributed by atoms with Crippen LogP contribution in [-0.4, -0.2) is 65.4 Å². The lowest BCUT2D eigenvalue weighted by atomic mass is 9.53. The second kappa shape index (κ2) is 10.1. The van der Waals surface area contributed by atoms with Crippen molar-refractivity contribution in [3.8, 4) is 11.8 Å². The summed E-state index contributed by atoms with van der Waals surface area (Å²) in [6, 6.07) is 6.95. The molecule has 2 heterocycles. The number of methoxy groups -OCH3 is 1. The summed E-state index contributed by atoms with van der Waals surface area (Å²) < 4.78 is 22.1. The monoisotopic (exact) mass is 543 g/mol. The van der Waals surface area contributed by atoms with Gasteiger partial charge in [0.25, 0.3) is 12.3 Å². The Morgan fingerprint density at radius 2 is 1.85 bits per heavy atom. The number of fused-ring (bicyclic) bond motifs is 1. The van der Waals surface area contributed by atoms with Gasteiger partial charge in [0.2, 0.25) is 12.6 Å². The van der Waals surface area contributed by atoms with Crippen molar-refractivity contribution < 1.29 is 48.8 Å². The number of hydrogen-bond acceptors (Lipinski definition) is 11. The summed E-state index contributed by atoms with van der Waals surface area (Å²) in [5.74, 6) is -0.873. The van der Waals surface area contributed by atoms with E-state index in [2.05, 4.69) is 6.07 Å².